The van der Waals surface area contributed by atoms with Crippen molar-refractivity contribution in [1.82, 2.24) is 0 Å². The number of fused-ring (bicyclic) bond motifs is 13. The lowest BCUT2D eigenvalue weighted by Gasteiger charge is -2.00. The van der Waals surface area contributed by atoms with E-state index in [0.717, 1.165) is 75.8 Å². The van der Waals surface area contributed by atoms with E-state index < -0.39 is 0 Å². The zero-order valence-corrected chi connectivity index (χ0v) is 19.0. The number of hydrogen-bond acceptors (Lipinski definition) is 0. The lowest BCUT2D eigenvalue weighted by Crippen LogP contribution is -1.98. The van der Waals surface area contributed by atoms with Crippen LogP contribution in [0.4, 0.5) is 0 Å². The normalized spacial score (nSPS) is 93.7. The monoisotopic (exact) mass is 406 g/mol. The lowest BCUT2D eigenvalue weighted by molar-refractivity contribution is 0.454. The van der Waals surface area contributed by atoms with Crippen molar-refractivity contribution in [2.45, 2.75) is 109 Å². The van der Waals surface area contributed by atoms with Gasteiger partial charge >= 0.3 is 0 Å². The molecule has 31 heavy (non-hydrogen) atoms. The second-order valence-corrected chi connectivity index (χ2v) is 18.8. The van der Waals surface area contributed by atoms with E-state index in [-0.39, 0.29) is 0 Å². The predicted octanol–water partition coefficient (Wildman–Crippen LogP) is 6.63. The van der Waals surface area contributed by atoms with E-state index >= 15 is 0 Å². The molecular formula is C31H34. The fourth-order valence-electron chi connectivity index (χ4n) is 18.3. The average molecular weight is 407 g/mol. The SMILES string of the molecule is C1CC12C[C@]21C[C@]12C[C@]21C[C@]12C[C@]21C[C@]12C[C@]21C[C@]12C[C@]21C[C@]12C[C@]21C[C@]12CC21CC1. The third-order valence-electron chi connectivity index (χ3n) is 20.1. The van der Waals surface area contributed by atoms with Gasteiger partial charge in [-0.2, -0.15) is 0 Å². The molecule has 0 heteroatoms. The zero-order chi connectivity index (χ0) is 19.0. The summed E-state index contributed by atoms with van der Waals surface area (Å²) in [6.45, 7) is 0. The lowest BCUT2D eigenvalue weighted by atomic mass is 10.0. The van der Waals surface area contributed by atoms with Crippen LogP contribution in [0.3, 0.4) is 0 Å². The quantitative estimate of drug-likeness (QED) is 0.423. The smallest absolute Gasteiger partial charge is 0.0161 e. The van der Waals surface area contributed by atoms with Crippen LogP contribution in [-0.2, 0) is 0 Å². The summed E-state index contributed by atoms with van der Waals surface area (Å²) < 4.78 is 0. The molecule has 14 spiro atoms. The summed E-state index contributed by atoms with van der Waals surface area (Å²) in [5.74, 6) is 0. The summed E-state index contributed by atoms with van der Waals surface area (Å²) >= 11 is 0. The Morgan fingerprint density at radius 2 is 0.387 bits per heavy atom. The van der Waals surface area contributed by atoms with Crippen LogP contribution >= 0.6 is 0 Å². The minimum atomic E-state index is 0.976. The molecule has 15 rings (SSSR count). The highest BCUT2D eigenvalue weighted by Crippen LogP contribution is 3.27. The van der Waals surface area contributed by atoms with Gasteiger partial charge in [0, 0.05) is 0 Å². The van der Waals surface area contributed by atoms with Crippen LogP contribution in [0, 0.1) is 75.8 Å². The Labute approximate surface area is 185 Å². The minimum absolute atomic E-state index is 0.976. The highest BCUT2D eigenvalue weighted by molar-refractivity contribution is 5.68. The van der Waals surface area contributed by atoms with Crippen molar-refractivity contribution in [2.24, 2.45) is 75.8 Å². The van der Waals surface area contributed by atoms with E-state index in [9.17, 15) is 0 Å². The van der Waals surface area contributed by atoms with Crippen LogP contribution in [0.5, 0.6) is 0 Å². The van der Waals surface area contributed by atoms with E-state index in [1.54, 1.807) is 109 Å². The summed E-state index contributed by atoms with van der Waals surface area (Å²) in [6.07, 6.45) is 29.3. The molecule has 15 aliphatic carbocycles. The zero-order valence-electron chi connectivity index (χ0n) is 19.0. The first kappa shape index (κ1) is 13.8. The largest absolute Gasteiger partial charge is 0.0465 e. The molecule has 158 valence electrons. The molecule has 0 aliphatic heterocycles. The summed E-state index contributed by atoms with van der Waals surface area (Å²) in [5.41, 5.74) is 13.7. The van der Waals surface area contributed by atoms with E-state index in [2.05, 4.69) is 0 Å². The Hall–Kier alpha value is 0. The Bertz CT molecular complexity index is 1230. The molecule has 0 bridgehead atoms. The van der Waals surface area contributed by atoms with E-state index in [0.29, 0.717) is 0 Å². The van der Waals surface area contributed by atoms with Gasteiger partial charge in [0.25, 0.3) is 0 Å². The van der Waals surface area contributed by atoms with Crippen LogP contribution in [0.2, 0.25) is 0 Å². The van der Waals surface area contributed by atoms with Gasteiger partial charge in [-0.25, -0.2) is 0 Å². The Balaban J connectivity index is 0.773. The van der Waals surface area contributed by atoms with Crippen LogP contribution in [0.1, 0.15) is 109 Å². The summed E-state index contributed by atoms with van der Waals surface area (Å²) in [4.78, 5) is 0. The molecule has 0 heterocycles. The molecule has 12 atom stereocenters. The average Bonchev–Trinajstić information content (AvgIpc) is 3.46. The van der Waals surface area contributed by atoms with E-state index in [1.807, 2.05) is 0 Å². The summed E-state index contributed by atoms with van der Waals surface area (Å²) in [7, 11) is 0. The van der Waals surface area contributed by atoms with Gasteiger partial charge in [0.2, 0.25) is 0 Å². The van der Waals surface area contributed by atoms with Gasteiger partial charge in [-0.15, -0.1) is 0 Å². The maximum Gasteiger partial charge on any atom is -0.0161 e. The number of hydrogen-bond donors (Lipinski definition) is 0. The van der Waals surface area contributed by atoms with Crippen molar-refractivity contribution in [1.29, 1.82) is 0 Å². The second kappa shape index (κ2) is 2.47. The molecule has 0 saturated heterocycles. The van der Waals surface area contributed by atoms with Crippen molar-refractivity contribution in [3.63, 3.8) is 0 Å². The summed E-state index contributed by atoms with van der Waals surface area (Å²) in [5, 5.41) is 0. The Morgan fingerprint density at radius 3 is 0.581 bits per heavy atom. The third kappa shape index (κ3) is 0.734. The fraction of sp³-hybridized carbons (Fsp3) is 1.00. The van der Waals surface area contributed by atoms with Gasteiger partial charge in [0.1, 0.15) is 0 Å². The Morgan fingerprint density at radius 1 is 0.194 bits per heavy atom. The van der Waals surface area contributed by atoms with Gasteiger partial charge in [0.05, 0.1) is 0 Å². The van der Waals surface area contributed by atoms with Crippen LogP contribution < -0.4 is 0 Å². The van der Waals surface area contributed by atoms with Crippen LogP contribution in [-0.4, -0.2) is 0 Å². The molecular weight excluding hydrogens is 372 g/mol. The number of rotatable bonds is 0. The second-order valence-electron chi connectivity index (χ2n) is 18.8. The van der Waals surface area contributed by atoms with Gasteiger partial charge in [-0.3, -0.25) is 0 Å². The molecule has 0 unspecified atom stereocenters. The summed E-state index contributed by atoms with van der Waals surface area (Å²) in [6, 6.07) is 0. The first-order valence-corrected chi connectivity index (χ1v) is 14.9. The molecule has 15 fully saturated rings. The predicted molar refractivity (Wildman–Crippen MR) is 113 cm³/mol. The van der Waals surface area contributed by atoms with Gasteiger partial charge in [-0.1, -0.05) is 0 Å². The fourth-order valence-corrected chi connectivity index (χ4v) is 18.3. The molecule has 0 radical (unpaired) electrons. The Kier molecular flexibility index (Phi) is 1.10. The maximum atomic E-state index is 1.76. The van der Waals surface area contributed by atoms with Crippen molar-refractivity contribution >= 4 is 0 Å². The molecule has 0 aromatic carbocycles. The third-order valence-corrected chi connectivity index (χ3v) is 20.1. The van der Waals surface area contributed by atoms with E-state index in [1.165, 1.54) is 0 Å². The molecule has 15 saturated carbocycles. The van der Waals surface area contributed by atoms with Crippen molar-refractivity contribution in [3.05, 3.63) is 0 Å². The molecule has 0 aromatic rings. The molecule has 15 aliphatic rings. The highest BCUT2D eigenvalue weighted by atomic mass is 15.2. The van der Waals surface area contributed by atoms with Gasteiger partial charge in [0.15, 0.2) is 0 Å². The van der Waals surface area contributed by atoms with Crippen LogP contribution in [0.15, 0.2) is 0 Å². The highest BCUT2D eigenvalue weighted by Gasteiger charge is 3.20. The first-order valence-electron chi connectivity index (χ1n) is 14.9. The molecule has 0 N–H and O–H groups in total. The van der Waals surface area contributed by atoms with Crippen LogP contribution in [0.25, 0.3) is 0 Å². The van der Waals surface area contributed by atoms with E-state index in [4.69, 9.17) is 0 Å². The topological polar surface area (TPSA) is 0 Å². The van der Waals surface area contributed by atoms with Crippen molar-refractivity contribution in [2.75, 3.05) is 0 Å². The standard InChI is InChI=1S/C31H34/c1-2-18(1)5-20(18)7-22(20)9-24(22)11-26(24)13-28(26)15-30(28)17-31(30)16-29(31)14-27(29)12-25(27)10-23(25)8-21(23)6-19(21)3-4-19/h1-17H2/t20-,21-,22-,23-,24-,25-,26-,27-,28-,29-,30-,31-/m0/s1. The van der Waals surface area contributed by atoms with Gasteiger partial charge in [-0.05, 0) is 185 Å². The molecule has 0 nitrogen and oxygen atoms in total. The first-order chi connectivity index (χ1) is 14.9. The van der Waals surface area contributed by atoms with Crippen molar-refractivity contribution in [3.8, 4) is 0 Å². The van der Waals surface area contributed by atoms with Gasteiger partial charge < -0.3 is 0 Å². The van der Waals surface area contributed by atoms with Crippen molar-refractivity contribution < 1.29 is 0 Å². The minimum Gasteiger partial charge on any atom is -0.0465 e. The molecule has 0 aromatic heterocycles. The maximum absolute atomic E-state index is 1.76. The molecule has 0 amide bonds.